The molecule has 0 aromatic carbocycles. The molecule has 1 saturated heterocycles. The summed E-state index contributed by atoms with van der Waals surface area (Å²) < 4.78 is 43.2. The highest BCUT2D eigenvalue weighted by molar-refractivity contribution is 5.91. The zero-order valence-corrected chi connectivity index (χ0v) is 9.04. The maximum atomic E-state index is 12.8. The molecule has 0 N–H and O–H groups in total. The third-order valence-corrected chi connectivity index (χ3v) is 2.87. The van der Waals surface area contributed by atoms with Gasteiger partial charge in [0.15, 0.2) is 5.76 Å². The Kier molecular flexibility index (Phi) is 3.13. The SMILES string of the molecule is O=C(c1ccco1)N1CCCCC1C(F)(F)F. The third-order valence-electron chi connectivity index (χ3n) is 2.87. The van der Waals surface area contributed by atoms with Crippen molar-refractivity contribution in [1.29, 1.82) is 0 Å². The molecule has 1 aliphatic rings. The fourth-order valence-electron chi connectivity index (χ4n) is 2.06. The van der Waals surface area contributed by atoms with Crippen molar-refractivity contribution in [3.05, 3.63) is 24.2 Å². The molecule has 3 nitrogen and oxygen atoms in total. The molecule has 6 heteroatoms. The van der Waals surface area contributed by atoms with Crippen LogP contribution in [0.25, 0.3) is 0 Å². The highest BCUT2D eigenvalue weighted by Gasteiger charge is 2.46. The zero-order chi connectivity index (χ0) is 12.5. The van der Waals surface area contributed by atoms with E-state index in [4.69, 9.17) is 4.42 Å². The van der Waals surface area contributed by atoms with E-state index >= 15 is 0 Å². The Hall–Kier alpha value is -1.46. The van der Waals surface area contributed by atoms with E-state index in [1.165, 1.54) is 18.4 Å². The van der Waals surface area contributed by atoms with E-state index in [9.17, 15) is 18.0 Å². The van der Waals surface area contributed by atoms with Crippen molar-refractivity contribution in [2.45, 2.75) is 31.5 Å². The number of likely N-dealkylation sites (tertiary alicyclic amines) is 1. The van der Waals surface area contributed by atoms with Gasteiger partial charge in [-0.05, 0) is 31.4 Å². The molecule has 1 fully saturated rings. The van der Waals surface area contributed by atoms with Crippen molar-refractivity contribution >= 4 is 5.91 Å². The summed E-state index contributed by atoms with van der Waals surface area (Å²) in [6.07, 6.45) is -2.04. The standard InChI is InChI=1S/C11H12F3NO2/c12-11(13,14)9-5-1-2-6-15(9)10(16)8-4-3-7-17-8/h3-4,7,9H,1-2,5-6H2. The summed E-state index contributed by atoms with van der Waals surface area (Å²) in [5, 5.41) is 0. The second-order valence-electron chi connectivity index (χ2n) is 4.03. The van der Waals surface area contributed by atoms with Crippen molar-refractivity contribution in [1.82, 2.24) is 4.90 Å². The van der Waals surface area contributed by atoms with E-state index in [1.54, 1.807) is 0 Å². The van der Waals surface area contributed by atoms with Gasteiger partial charge < -0.3 is 9.32 Å². The molecule has 1 amide bonds. The molecule has 1 aliphatic heterocycles. The van der Waals surface area contributed by atoms with Crippen molar-refractivity contribution in [3.8, 4) is 0 Å². The number of alkyl halides is 3. The van der Waals surface area contributed by atoms with Gasteiger partial charge in [0.1, 0.15) is 6.04 Å². The molecule has 0 spiro atoms. The molecule has 17 heavy (non-hydrogen) atoms. The summed E-state index contributed by atoms with van der Waals surface area (Å²) >= 11 is 0. The lowest BCUT2D eigenvalue weighted by molar-refractivity contribution is -0.183. The van der Waals surface area contributed by atoms with Crippen molar-refractivity contribution in [2.75, 3.05) is 6.54 Å². The van der Waals surface area contributed by atoms with Crippen LogP contribution in [0.5, 0.6) is 0 Å². The number of furan rings is 1. The van der Waals surface area contributed by atoms with Crippen LogP contribution >= 0.6 is 0 Å². The number of carbonyl (C=O) groups excluding carboxylic acids is 1. The lowest BCUT2D eigenvalue weighted by atomic mass is 10.0. The average Bonchev–Trinajstić information content (AvgIpc) is 2.80. The second-order valence-corrected chi connectivity index (χ2v) is 4.03. The minimum absolute atomic E-state index is 0.0318. The first-order chi connectivity index (χ1) is 8.00. The van der Waals surface area contributed by atoms with Crippen LogP contribution in [0.2, 0.25) is 0 Å². The minimum atomic E-state index is -4.37. The Labute approximate surface area is 96.2 Å². The fourth-order valence-corrected chi connectivity index (χ4v) is 2.06. The summed E-state index contributed by atoms with van der Waals surface area (Å²) in [7, 11) is 0. The number of carbonyl (C=O) groups is 1. The molecule has 1 unspecified atom stereocenters. The van der Waals surface area contributed by atoms with E-state index < -0.39 is 18.1 Å². The number of halogens is 3. The van der Waals surface area contributed by atoms with E-state index in [1.807, 2.05) is 0 Å². The molecule has 0 saturated carbocycles. The number of amides is 1. The maximum absolute atomic E-state index is 12.8. The van der Waals surface area contributed by atoms with Crippen LogP contribution in [0.15, 0.2) is 22.8 Å². The Balaban J connectivity index is 2.20. The average molecular weight is 247 g/mol. The zero-order valence-electron chi connectivity index (χ0n) is 9.04. The van der Waals surface area contributed by atoms with Crippen LogP contribution in [-0.2, 0) is 0 Å². The van der Waals surface area contributed by atoms with Crippen molar-refractivity contribution in [2.24, 2.45) is 0 Å². The van der Waals surface area contributed by atoms with Gasteiger partial charge in [-0.2, -0.15) is 13.2 Å². The van der Waals surface area contributed by atoms with Crippen molar-refractivity contribution in [3.63, 3.8) is 0 Å². The third kappa shape index (κ3) is 2.45. The summed E-state index contributed by atoms with van der Waals surface area (Å²) in [4.78, 5) is 12.7. The van der Waals surface area contributed by atoms with Gasteiger partial charge in [0.25, 0.3) is 5.91 Å². The van der Waals surface area contributed by atoms with Crippen LogP contribution in [0, 0.1) is 0 Å². The normalized spacial score (nSPS) is 21.6. The molecule has 0 aliphatic carbocycles. The molecule has 1 atom stereocenters. The Bertz CT molecular complexity index is 386. The van der Waals surface area contributed by atoms with Gasteiger partial charge in [-0.1, -0.05) is 0 Å². The Morgan fingerprint density at radius 3 is 2.76 bits per heavy atom. The van der Waals surface area contributed by atoms with Crippen LogP contribution in [-0.4, -0.2) is 29.6 Å². The molecular weight excluding hydrogens is 235 g/mol. The molecular formula is C11H12F3NO2. The number of hydrogen-bond acceptors (Lipinski definition) is 2. The molecule has 1 aromatic heterocycles. The van der Waals surface area contributed by atoms with Gasteiger partial charge >= 0.3 is 6.18 Å². The summed E-state index contributed by atoms with van der Waals surface area (Å²) in [5.41, 5.74) is 0. The molecule has 2 heterocycles. The highest BCUT2D eigenvalue weighted by Crippen LogP contribution is 2.32. The molecule has 1 aromatic rings. The number of nitrogens with zero attached hydrogens (tertiary/aromatic N) is 1. The summed E-state index contributed by atoms with van der Waals surface area (Å²) in [5.74, 6) is -0.724. The van der Waals surface area contributed by atoms with Crippen LogP contribution in [0.1, 0.15) is 29.8 Å². The fraction of sp³-hybridized carbons (Fsp3) is 0.545. The van der Waals surface area contributed by atoms with Crippen molar-refractivity contribution < 1.29 is 22.4 Å². The lowest BCUT2D eigenvalue weighted by Gasteiger charge is -2.36. The predicted octanol–water partition coefficient (Wildman–Crippen LogP) is 2.84. The second kappa shape index (κ2) is 4.43. The minimum Gasteiger partial charge on any atom is -0.459 e. The van der Waals surface area contributed by atoms with Crippen LogP contribution < -0.4 is 0 Å². The predicted molar refractivity (Wildman–Crippen MR) is 53.4 cm³/mol. The van der Waals surface area contributed by atoms with E-state index in [0.717, 1.165) is 4.90 Å². The first-order valence-corrected chi connectivity index (χ1v) is 5.41. The first-order valence-electron chi connectivity index (χ1n) is 5.41. The first kappa shape index (κ1) is 12.0. The van der Waals surface area contributed by atoms with Gasteiger partial charge in [0, 0.05) is 6.54 Å². The number of hydrogen-bond donors (Lipinski definition) is 0. The number of piperidine rings is 1. The van der Waals surface area contributed by atoms with Gasteiger partial charge in [-0.15, -0.1) is 0 Å². The molecule has 94 valence electrons. The highest BCUT2D eigenvalue weighted by atomic mass is 19.4. The molecule has 2 rings (SSSR count). The number of rotatable bonds is 1. The van der Waals surface area contributed by atoms with E-state index in [-0.39, 0.29) is 18.7 Å². The Morgan fingerprint density at radius 2 is 2.18 bits per heavy atom. The molecule has 0 bridgehead atoms. The van der Waals surface area contributed by atoms with E-state index in [2.05, 4.69) is 0 Å². The van der Waals surface area contributed by atoms with Crippen LogP contribution in [0.3, 0.4) is 0 Å². The summed E-state index contributed by atoms with van der Waals surface area (Å²) in [6, 6.07) is 1.18. The monoisotopic (exact) mass is 247 g/mol. The van der Waals surface area contributed by atoms with E-state index in [0.29, 0.717) is 12.8 Å². The topological polar surface area (TPSA) is 33.5 Å². The van der Waals surface area contributed by atoms with Gasteiger partial charge in [0.2, 0.25) is 0 Å². The van der Waals surface area contributed by atoms with Crippen LogP contribution in [0.4, 0.5) is 13.2 Å². The smallest absolute Gasteiger partial charge is 0.408 e. The maximum Gasteiger partial charge on any atom is 0.408 e. The quantitative estimate of drug-likeness (QED) is 0.764. The lowest BCUT2D eigenvalue weighted by Crippen LogP contribution is -2.51. The molecule has 0 radical (unpaired) electrons. The largest absolute Gasteiger partial charge is 0.459 e. The van der Waals surface area contributed by atoms with Gasteiger partial charge in [0.05, 0.1) is 6.26 Å². The Morgan fingerprint density at radius 1 is 1.41 bits per heavy atom. The van der Waals surface area contributed by atoms with Gasteiger partial charge in [-0.25, -0.2) is 0 Å². The van der Waals surface area contributed by atoms with Gasteiger partial charge in [-0.3, -0.25) is 4.79 Å². The summed E-state index contributed by atoms with van der Waals surface area (Å²) in [6.45, 7) is 0.129.